The monoisotopic (exact) mass is 297 g/mol. The molecular weight excluding hydrogens is 273 g/mol. The number of benzene rings is 1. The van der Waals surface area contributed by atoms with Crippen LogP contribution in [0.5, 0.6) is 0 Å². The van der Waals surface area contributed by atoms with E-state index in [-0.39, 0.29) is 5.82 Å². The Morgan fingerprint density at radius 1 is 1.23 bits per heavy atom. The van der Waals surface area contributed by atoms with Crippen LogP contribution in [0.3, 0.4) is 0 Å². The van der Waals surface area contributed by atoms with Gasteiger partial charge in [0.05, 0.1) is 5.70 Å². The van der Waals surface area contributed by atoms with Gasteiger partial charge < -0.3 is 0 Å². The maximum absolute atomic E-state index is 12.9. The first-order chi connectivity index (χ1) is 10.6. The molecule has 0 radical (unpaired) electrons. The minimum absolute atomic E-state index is 0.203. The highest BCUT2D eigenvalue weighted by molar-refractivity contribution is 5.45. The Kier molecular flexibility index (Phi) is 7.84. The molecule has 0 N–H and O–H groups in total. The van der Waals surface area contributed by atoms with Crippen molar-refractivity contribution in [3.05, 3.63) is 83.4 Å². The summed E-state index contributed by atoms with van der Waals surface area (Å²) in [5.74, 6) is -0.203. The molecule has 1 aromatic rings. The summed E-state index contributed by atoms with van der Waals surface area (Å²) in [6, 6.07) is 6.60. The second kappa shape index (κ2) is 9.67. The highest BCUT2D eigenvalue weighted by Gasteiger charge is 1.99. The molecule has 0 aliphatic carbocycles. The van der Waals surface area contributed by atoms with E-state index in [0.29, 0.717) is 0 Å². The lowest BCUT2D eigenvalue weighted by Gasteiger charge is -2.04. The molecule has 0 fully saturated rings. The van der Waals surface area contributed by atoms with Crippen LogP contribution in [0, 0.1) is 5.82 Å². The van der Waals surface area contributed by atoms with Gasteiger partial charge in [0.25, 0.3) is 0 Å². The minimum Gasteiger partial charge on any atom is -0.264 e. The first-order valence-electron chi connectivity index (χ1n) is 7.54. The Hall–Kier alpha value is -2.22. The van der Waals surface area contributed by atoms with Gasteiger partial charge in [0.2, 0.25) is 0 Å². The number of aliphatic imine (C=N–C) groups is 1. The fourth-order valence-corrected chi connectivity index (χ4v) is 1.96. The molecule has 0 amide bonds. The van der Waals surface area contributed by atoms with Gasteiger partial charge in [-0.15, -0.1) is 0 Å². The molecule has 0 unspecified atom stereocenters. The number of rotatable bonds is 8. The predicted molar refractivity (Wildman–Crippen MR) is 94.7 cm³/mol. The maximum Gasteiger partial charge on any atom is 0.123 e. The third-order valence-corrected chi connectivity index (χ3v) is 3.41. The van der Waals surface area contributed by atoms with Crippen molar-refractivity contribution in [3.63, 3.8) is 0 Å². The van der Waals surface area contributed by atoms with Crippen LogP contribution in [0.25, 0.3) is 0 Å². The van der Waals surface area contributed by atoms with E-state index >= 15 is 0 Å². The Morgan fingerprint density at radius 2 is 1.91 bits per heavy atom. The molecule has 116 valence electrons. The number of hydrogen-bond acceptors (Lipinski definition) is 1. The first-order valence-corrected chi connectivity index (χ1v) is 7.54. The van der Waals surface area contributed by atoms with Crippen molar-refractivity contribution < 1.29 is 4.39 Å². The number of halogens is 1. The highest BCUT2D eigenvalue weighted by atomic mass is 19.1. The molecule has 0 bridgehead atoms. The third-order valence-electron chi connectivity index (χ3n) is 3.41. The summed E-state index contributed by atoms with van der Waals surface area (Å²) >= 11 is 0. The van der Waals surface area contributed by atoms with E-state index in [0.717, 1.165) is 41.7 Å². The van der Waals surface area contributed by atoms with Crippen molar-refractivity contribution >= 4 is 6.72 Å². The summed E-state index contributed by atoms with van der Waals surface area (Å²) in [5, 5.41) is 0. The molecule has 2 heteroatoms. The van der Waals surface area contributed by atoms with Crippen LogP contribution < -0.4 is 0 Å². The largest absolute Gasteiger partial charge is 0.264 e. The van der Waals surface area contributed by atoms with Crippen LogP contribution in [-0.4, -0.2) is 6.72 Å². The predicted octanol–water partition coefficient (Wildman–Crippen LogP) is 5.81. The van der Waals surface area contributed by atoms with E-state index in [1.165, 1.54) is 12.1 Å². The summed E-state index contributed by atoms with van der Waals surface area (Å²) in [4.78, 5) is 4.11. The summed E-state index contributed by atoms with van der Waals surface area (Å²) in [6.07, 6.45) is 10.7. The van der Waals surface area contributed by atoms with Crippen LogP contribution in [0.15, 0.2) is 77.0 Å². The molecule has 0 atom stereocenters. The molecule has 0 aliphatic heterocycles. The van der Waals surface area contributed by atoms with Gasteiger partial charge in [-0.3, -0.25) is 4.99 Å². The van der Waals surface area contributed by atoms with Gasteiger partial charge in [-0.2, -0.15) is 0 Å². The highest BCUT2D eigenvalue weighted by Crippen LogP contribution is 2.16. The van der Waals surface area contributed by atoms with Crippen LogP contribution >= 0.6 is 0 Å². The van der Waals surface area contributed by atoms with E-state index in [4.69, 9.17) is 0 Å². The van der Waals surface area contributed by atoms with Crippen LogP contribution in [-0.2, 0) is 6.42 Å². The van der Waals surface area contributed by atoms with Crippen molar-refractivity contribution in [1.29, 1.82) is 0 Å². The molecule has 0 spiro atoms. The fraction of sp³-hybridized carbons (Fsp3) is 0.250. The van der Waals surface area contributed by atoms with Crippen LogP contribution in [0.1, 0.15) is 32.3 Å². The molecule has 1 rings (SSSR count). The molecule has 0 saturated carbocycles. The molecule has 0 aliphatic rings. The van der Waals surface area contributed by atoms with E-state index < -0.39 is 0 Å². The zero-order valence-corrected chi connectivity index (χ0v) is 13.5. The average Bonchev–Trinajstić information content (AvgIpc) is 2.54. The van der Waals surface area contributed by atoms with Crippen molar-refractivity contribution in [2.45, 2.75) is 33.1 Å². The van der Waals surface area contributed by atoms with Crippen molar-refractivity contribution in [2.75, 3.05) is 0 Å². The molecule has 0 heterocycles. The Labute approximate surface area is 133 Å². The van der Waals surface area contributed by atoms with Gasteiger partial charge in [-0.1, -0.05) is 55.5 Å². The lowest BCUT2D eigenvalue weighted by molar-refractivity contribution is 0.627. The van der Waals surface area contributed by atoms with E-state index in [2.05, 4.69) is 31.3 Å². The second-order valence-electron chi connectivity index (χ2n) is 5.00. The normalized spacial score (nSPS) is 12.7. The smallest absolute Gasteiger partial charge is 0.123 e. The van der Waals surface area contributed by atoms with Gasteiger partial charge in [0.1, 0.15) is 5.82 Å². The van der Waals surface area contributed by atoms with Gasteiger partial charge in [-0.25, -0.2) is 4.39 Å². The van der Waals surface area contributed by atoms with E-state index in [1.807, 2.05) is 37.3 Å². The van der Waals surface area contributed by atoms with Crippen molar-refractivity contribution in [2.24, 2.45) is 4.99 Å². The van der Waals surface area contributed by atoms with E-state index in [1.54, 1.807) is 0 Å². The number of allylic oxidation sites excluding steroid dienone is 5. The summed E-state index contributed by atoms with van der Waals surface area (Å²) in [5.41, 5.74) is 4.08. The van der Waals surface area contributed by atoms with E-state index in [9.17, 15) is 4.39 Å². The standard InChI is InChI=1S/C20H24FN/c1-5-16(3)10-13-18(6-2)20(22-4)9-7-8-17-11-14-19(21)15-12-17/h6,9-15H,3-5,7-8H2,1-2H3/b13-10-,18-6+,20-9-. The van der Waals surface area contributed by atoms with Crippen LogP contribution in [0.4, 0.5) is 4.39 Å². The number of aryl methyl sites for hydroxylation is 1. The minimum atomic E-state index is -0.203. The van der Waals surface area contributed by atoms with Gasteiger partial charge in [-0.05, 0) is 56.2 Å². The Balaban J connectivity index is 2.72. The molecule has 1 aromatic carbocycles. The SMILES string of the molecule is C=NC(=C\CCc1ccc(F)cc1)/C(/C=C\C(=C)CC)=C/C. The average molecular weight is 297 g/mol. The Bertz CT molecular complexity index is 589. The number of hydrogen-bond donors (Lipinski definition) is 0. The quantitative estimate of drug-likeness (QED) is 0.424. The molecule has 1 nitrogen and oxygen atoms in total. The van der Waals surface area contributed by atoms with Crippen LogP contribution in [0.2, 0.25) is 0 Å². The van der Waals surface area contributed by atoms with Gasteiger partial charge in [0, 0.05) is 0 Å². The summed E-state index contributed by atoms with van der Waals surface area (Å²) in [7, 11) is 0. The molecule has 0 saturated heterocycles. The zero-order valence-electron chi connectivity index (χ0n) is 13.5. The van der Waals surface area contributed by atoms with Crippen molar-refractivity contribution in [3.8, 4) is 0 Å². The van der Waals surface area contributed by atoms with Crippen molar-refractivity contribution in [1.82, 2.24) is 0 Å². The molecular formula is C20H24FN. The maximum atomic E-state index is 12.9. The summed E-state index contributed by atoms with van der Waals surface area (Å²) < 4.78 is 12.9. The number of nitrogens with zero attached hydrogens (tertiary/aromatic N) is 1. The molecule has 22 heavy (non-hydrogen) atoms. The molecule has 0 aromatic heterocycles. The third kappa shape index (κ3) is 6.04. The fourth-order valence-electron chi connectivity index (χ4n) is 1.96. The lowest BCUT2D eigenvalue weighted by Crippen LogP contribution is -1.88. The lowest BCUT2D eigenvalue weighted by atomic mass is 10.1. The summed E-state index contributed by atoms with van der Waals surface area (Å²) in [6.45, 7) is 11.7. The zero-order chi connectivity index (χ0) is 16.4. The van der Waals surface area contributed by atoms with Gasteiger partial charge >= 0.3 is 0 Å². The topological polar surface area (TPSA) is 12.4 Å². The van der Waals surface area contributed by atoms with Gasteiger partial charge in [0.15, 0.2) is 0 Å². The first kappa shape index (κ1) is 17.8. The second-order valence-corrected chi connectivity index (χ2v) is 5.00. The Morgan fingerprint density at radius 3 is 2.45 bits per heavy atom.